The van der Waals surface area contributed by atoms with Crippen molar-refractivity contribution in [3.05, 3.63) is 54.1 Å². The van der Waals surface area contributed by atoms with Gasteiger partial charge in [0.1, 0.15) is 5.82 Å². The van der Waals surface area contributed by atoms with Crippen molar-refractivity contribution in [2.45, 2.75) is 6.92 Å². The molecular formula is C15H16N2S. The molecule has 3 heteroatoms. The zero-order valence-corrected chi connectivity index (χ0v) is 11.4. The molecule has 0 aliphatic heterocycles. The van der Waals surface area contributed by atoms with Crippen molar-refractivity contribution in [1.29, 1.82) is 0 Å². The van der Waals surface area contributed by atoms with Gasteiger partial charge in [0.2, 0.25) is 0 Å². The Hall–Kier alpha value is -1.74. The summed E-state index contributed by atoms with van der Waals surface area (Å²) in [6.45, 7) is 5.81. The van der Waals surface area contributed by atoms with E-state index in [-0.39, 0.29) is 0 Å². The van der Waals surface area contributed by atoms with Crippen LogP contribution in [0.25, 0.3) is 15.7 Å². The first-order chi connectivity index (χ1) is 8.78. The molecule has 0 radical (unpaired) electrons. The van der Waals surface area contributed by atoms with Crippen LogP contribution in [0.3, 0.4) is 0 Å². The second-order valence-electron chi connectivity index (χ2n) is 3.82. The van der Waals surface area contributed by atoms with Crippen LogP contribution in [0.15, 0.2) is 48.5 Å². The van der Waals surface area contributed by atoms with Gasteiger partial charge in [0, 0.05) is 23.5 Å². The number of thioether (sulfide) groups is 1. The number of allylic oxidation sites excluding steroid dienone is 1. The molecule has 2 rings (SSSR count). The minimum absolute atomic E-state index is 0.887. The summed E-state index contributed by atoms with van der Waals surface area (Å²) in [5.74, 6) is 0.887. The third-order valence-electron chi connectivity index (χ3n) is 2.73. The van der Waals surface area contributed by atoms with Crippen LogP contribution in [0.5, 0.6) is 0 Å². The minimum Gasteiger partial charge on any atom is -0.373 e. The van der Waals surface area contributed by atoms with Crippen LogP contribution in [0, 0.1) is 0 Å². The first kappa shape index (κ1) is 12.7. The zero-order chi connectivity index (χ0) is 13.0. The Kier molecular flexibility index (Phi) is 4.05. The molecule has 0 aliphatic rings. The fourth-order valence-corrected chi connectivity index (χ4v) is 2.40. The van der Waals surface area contributed by atoms with Gasteiger partial charge < -0.3 is 5.32 Å². The van der Waals surface area contributed by atoms with Gasteiger partial charge in [-0.2, -0.15) is 0 Å². The molecule has 1 aromatic heterocycles. The van der Waals surface area contributed by atoms with Crippen LogP contribution in [-0.4, -0.2) is 12.0 Å². The van der Waals surface area contributed by atoms with Crippen LogP contribution in [0.4, 0.5) is 5.82 Å². The summed E-state index contributed by atoms with van der Waals surface area (Å²) in [4.78, 5) is 5.53. The number of rotatable bonds is 4. The highest BCUT2D eigenvalue weighted by Crippen LogP contribution is 2.30. The van der Waals surface area contributed by atoms with E-state index in [1.807, 2.05) is 25.6 Å². The lowest BCUT2D eigenvalue weighted by atomic mass is 10.1. The van der Waals surface area contributed by atoms with E-state index in [1.165, 1.54) is 15.9 Å². The molecule has 2 aromatic rings. The number of nitrogens with one attached hydrogen (secondary N) is 1. The molecule has 0 unspecified atom stereocenters. The van der Waals surface area contributed by atoms with E-state index >= 15 is 0 Å². The number of hydrogen-bond donors (Lipinski definition) is 1. The second kappa shape index (κ2) is 5.74. The third-order valence-corrected chi connectivity index (χ3v) is 3.63. The molecule has 0 atom stereocenters. The highest BCUT2D eigenvalue weighted by atomic mass is 32.2. The maximum absolute atomic E-state index is 4.31. The maximum atomic E-state index is 4.31. The number of fused-ring (bicyclic) bond motifs is 1. The predicted molar refractivity (Wildman–Crippen MR) is 82.7 cm³/mol. The quantitative estimate of drug-likeness (QED) is 0.871. The molecule has 0 amide bonds. The van der Waals surface area contributed by atoms with Crippen molar-refractivity contribution in [2.75, 3.05) is 12.4 Å². The zero-order valence-electron chi connectivity index (χ0n) is 10.6. The molecule has 1 N–H and O–H groups in total. The Morgan fingerprint density at radius 3 is 2.83 bits per heavy atom. The standard InChI is InChI=1S/C15H16N2S/c1-4-14(18-5-2)11-6-7-12-10-17-15(16-3)9-13(12)8-11/h4-10H,2H2,1,3H3,(H,16,17)/b14-4-. The Morgan fingerprint density at radius 2 is 2.17 bits per heavy atom. The van der Waals surface area contributed by atoms with Crippen LogP contribution in [0.2, 0.25) is 0 Å². The number of pyridine rings is 1. The Morgan fingerprint density at radius 1 is 1.33 bits per heavy atom. The minimum atomic E-state index is 0.887. The van der Waals surface area contributed by atoms with Crippen molar-refractivity contribution in [3.63, 3.8) is 0 Å². The summed E-state index contributed by atoms with van der Waals surface area (Å²) < 4.78 is 0. The maximum Gasteiger partial charge on any atom is 0.126 e. The first-order valence-electron chi connectivity index (χ1n) is 5.80. The predicted octanol–water partition coefficient (Wildman–Crippen LogP) is 4.51. The number of benzene rings is 1. The highest BCUT2D eigenvalue weighted by Gasteiger charge is 2.02. The summed E-state index contributed by atoms with van der Waals surface area (Å²) in [7, 11) is 1.88. The van der Waals surface area contributed by atoms with Gasteiger partial charge in [-0.15, -0.1) is 0 Å². The molecule has 1 heterocycles. The van der Waals surface area contributed by atoms with Crippen molar-refractivity contribution < 1.29 is 0 Å². The fourth-order valence-electron chi connectivity index (χ4n) is 1.82. The van der Waals surface area contributed by atoms with Gasteiger partial charge in [0.15, 0.2) is 0 Å². The van der Waals surface area contributed by atoms with Crippen molar-refractivity contribution >= 4 is 33.3 Å². The normalized spacial score (nSPS) is 11.6. The van der Waals surface area contributed by atoms with Crippen molar-refractivity contribution in [1.82, 2.24) is 4.98 Å². The molecule has 0 saturated carbocycles. The van der Waals surface area contributed by atoms with E-state index in [0.717, 1.165) is 11.2 Å². The van der Waals surface area contributed by atoms with Gasteiger partial charge >= 0.3 is 0 Å². The first-order valence-corrected chi connectivity index (χ1v) is 6.68. The lowest BCUT2D eigenvalue weighted by Crippen LogP contribution is -1.91. The van der Waals surface area contributed by atoms with E-state index in [1.54, 1.807) is 11.8 Å². The average molecular weight is 256 g/mol. The molecule has 0 spiro atoms. The van der Waals surface area contributed by atoms with Crippen LogP contribution in [-0.2, 0) is 0 Å². The molecule has 92 valence electrons. The summed E-state index contributed by atoms with van der Waals surface area (Å²) in [6, 6.07) is 8.47. The van der Waals surface area contributed by atoms with Crippen LogP contribution < -0.4 is 5.32 Å². The molecule has 2 nitrogen and oxygen atoms in total. The molecule has 1 aromatic carbocycles. The van der Waals surface area contributed by atoms with E-state index in [0.29, 0.717) is 0 Å². The summed E-state index contributed by atoms with van der Waals surface area (Å²) in [5.41, 5.74) is 1.21. The van der Waals surface area contributed by atoms with Crippen LogP contribution in [0.1, 0.15) is 12.5 Å². The molecule has 0 aliphatic carbocycles. The van der Waals surface area contributed by atoms with Gasteiger partial charge in [-0.3, -0.25) is 0 Å². The van der Waals surface area contributed by atoms with Gasteiger partial charge in [-0.1, -0.05) is 36.5 Å². The molecule has 0 bridgehead atoms. The summed E-state index contributed by atoms with van der Waals surface area (Å²) in [5, 5.41) is 7.25. The van der Waals surface area contributed by atoms with E-state index in [9.17, 15) is 0 Å². The topological polar surface area (TPSA) is 24.9 Å². The van der Waals surface area contributed by atoms with E-state index < -0.39 is 0 Å². The van der Waals surface area contributed by atoms with Crippen LogP contribution >= 0.6 is 11.8 Å². The number of hydrogen-bond acceptors (Lipinski definition) is 3. The summed E-state index contributed by atoms with van der Waals surface area (Å²) >= 11 is 1.64. The number of anilines is 1. The Bertz CT molecular complexity index is 602. The van der Waals surface area contributed by atoms with Gasteiger partial charge in [0.25, 0.3) is 0 Å². The van der Waals surface area contributed by atoms with Crippen molar-refractivity contribution in [3.8, 4) is 0 Å². The third kappa shape index (κ3) is 2.57. The average Bonchev–Trinajstić information content (AvgIpc) is 2.43. The molecular weight excluding hydrogens is 240 g/mol. The molecule has 18 heavy (non-hydrogen) atoms. The highest BCUT2D eigenvalue weighted by molar-refractivity contribution is 8.10. The van der Waals surface area contributed by atoms with Gasteiger partial charge in [0.05, 0.1) is 0 Å². The largest absolute Gasteiger partial charge is 0.373 e. The monoisotopic (exact) mass is 256 g/mol. The number of nitrogens with zero attached hydrogens (tertiary/aromatic N) is 1. The lowest BCUT2D eigenvalue weighted by molar-refractivity contribution is 1.31. The Balaban J connectivity index is 2.51. The van der Waals surface area contributed by atoms with Gasteiger partial charge in [-0.05, 0) is 35.4 Å². The molecule has 0 saturated heterocycles. The van der Waals surface area contributed by atoms with Gasteiger partial charge in [-0.25, -0.2) is 4.98 Å². The second-order valence-corrected chi connectivity index (χ2v) is 4.83. The fraction of sp³-hybridized carbons (Fsp3) is 0.133. The van der Waals surface area contributed by atoms with E-state index in [4.69, 9.17) is 0 Å². The SMILES string of the molecule is C=CS/C(=C\C)c1ccc2cnc(NC)cc2c1. The number of aromatic nitrogens is 1. The molecule has 0 fully saturated rings. The van der Waals surface area contributed by atoms with E-state index in [2.05, 4.69) is 47.2 Å². The Labute approximate surface area is 112 Å². The van der Waals surface area contributed by atoms with Crippen molar-refractivity contribution in [2.24, 2.45) is 0 Å². The smallest absolute Gasteiger partial charge is 0.126 e. The summed E-state index contributed by atoms with van der Waals surface area (Å²) in [6.07, 6.45) is 3.99. The lowest BCUT2D eigenvalue weighted by Gasteiger charge is -2.07.